The first-order valence-electron chi connectivity index (χ1n) is 4.31. The van der Waals surface area contributed by atoms with Crippen molar-refractivity contribution < 1.29 is 24.2 Å². The van der Waals surface area contributed by atoms with Crippen LogP contribution in [-0.4, -0.2) is 52.0 Å². The summed E-state index contributed by atoms with van der Waals surface area (Å²) in [7, 11) is 1.23. The van der Waals surface area contributed by atoms with Crippen LogP contribution in [-0.2, 0) is 14.3 Å². The molecule has 1 aliphatic heterocycles. The second kappa shape index (κ2) is 4.97. The van der Waals surface area contributed by atoms with Gasteiger partial charge in [-0.25, -0.2) is 4.79 Å². The van der Waals surface area contributed by atoms with Gasteiger partial charge in [-0.15, -0.1) is 0 Å². The fraction of sp³-hybridized carbons (Fsp3) is 0.750. The van der Waals surface area contributed by atoms with Crippen LogP contribution in [0, 0.1) is 0 Å². The Labute approximate surface area is 101 Å². The number of likely N-dealkylation sites (tertiary alicyclic amines) is 1. The van der Waals surface area contributed by atoms with E-state index < -0.39 is 24.4 Å². The molecule has 0 aromatic rings. The van der Waals surface area contributed by atoms with E-state index in [9.17, 15) is 14.7 Å². The number of alkyl halides is 1. The predicted molar refractivity (Wildman–Crippen MR) is 58.5 cm³/mol. The maximum atomic E-state index is 11.2. The average molecular weight is 329 g/mol. The number of aliphatic hydroxyl groups is 1. The van der Waals surface area contributed by atoms with Crippen molar-refractivity contribution in [2.75, 3.05) is 13.7 Å². The normalized spacial score (nSPS) is 30.1. The molecular weight excluding hydrogens is 317 g/mol. The summed E-state index contributed by atoms with van der Waals surface area (Å²) in [6, 6.07) is 0. The summed E-state index contributed by atoms with van der Waals surface area (Å²) >= 11 is 1.94. The van der Waals surface area contributed by atoms with E-state index in [1.807, 2.05) is 22.6 Å². The molecular formula is C8H12INO5. The van der Waals surface area contributed by atoms with Gasteiger partial charge in [0, 0.05) is 6.92 Å². The number of hydrogen-bond acceptors (Lipinski definition) is 5. The number of hydrogen-bond donors (Lipinski definition) is 1. The zero-order chi connectivity index (χ0) is 11.6. The van der Waals surface area contributed by atoms with Gasteiger partial charge in [-0.2, -0.15) is 0 Å². The quantitative estimate of drug-likeness (QED) is 0.420. The van der Waals surface area contributed by atoms with Crippen LogP contribution in [0.2, 0.25) is 0 Å². The molecule has 6 nitrogen and oxygen atoms in total. The van der Waals surface area contributed by atoms with Crippen molar-refractivity contribution in [2.24, 2.45) is 0 Å². The van der Waals surface area contributed by atoms with Crippen molar-refractivity contribution in [2.45, 2.75) is 23.2 Å². The number of rotatable bonds is 1. The van der Waals surface area contributed by atoms with Gasteiger partial charge in [0.2, 0.25) is 0 Å². The maximum Gasteiger partial charge on any atom is 0.411 e. The molecule has 0 aliphatic carbocycles. The number of aliphatic hydroxyl groups excluding tert-OH is 1. The van der Waals surface area contributed by atoms with Crippen LogP contribution in [0.15, 0.2) is 0 Å². The summed E-state index contributed by atoms with van der Waals surface area (Å²) in [4.78, 5) is 23.1. The maximum absolute atomic E-state index is 11.2. The van der Waals surface area contributed by atoms with E-state index in [0.717, 1.165) is 4.90 Å². The van der Waals surface area contributed by atoms with Crippen molar-refractivity contribution in [3.8, 4) is 0 Å². The van der Waals surface area contributed by atoms with E-state index in [1.54, 1.807) is 0 Å². The number of amides is 1. The average Bonchev–Trinajstić information content (AvgIpc) is 2.44. The first-order valence-corrected chi connectivity index (χ1v) is 5.56. The van der Waals surface area contributed by atoms with E-state index in [-0.39, 0.29) is 10.5 Å². The zero-order valence-electron chi connectivity index (χ0n) is 8.34. The minimum atomic E-state index is -0.984. The number of carbonyl (C=O) groups is 2. The van der Waals surface area contributed by atoms with Crippen LogP contribution in [0.1, 0.15) is 6.92 Å². The molecule has 1 heterocycles. The van der Waals surface area contributed by atoms with Gasteiger partial charge in [-0.05, 0) is 0 Å². The highest BCUT2D eigenvalue weighted by molar-refractivity contribution is 14.1. The fourth-order valence-corrected chi connectivity index (χ4v) is 2.14. The third-order valence-corrected chi connectivity index (χ3v) is 3.51. The van der Waals surface area contributed by atoms with Crippen LogP contribution in [0.25, 0.3) is 0 Å². The van der Waals surface area contributed by atoms with Gasteiger partial charge in [0.25, 0.3) is 0 Å². The molecule has 1 rings (SSSR count). The molecule has 0 unspecified atom stereocenters. The van der Waals surface area contributed by atoms with Crippen molar-refractivity contribution in [1.82, 2.24) is 4.90 Å². The topological polar surface area (TPSA) is 76.1 Å². The Kier molecular flexibility index (Phi) is 4.14. The minimum Gasteiger partial charge on any atom is -0.459 e. The number of ether oxygens (including phenoxy) is 2. The van der Waals surface area contributed by atoms with Gasteiger partial charge in [0.15, 0.2) is 0 Å². The summed E-state index contributed by atoms with van der Waals surface area (Å²) in [5.74, 6) is -0.430. The van der Waals surface area contributed by atoms with E-state index >= 15 is 0 Å². The Morgan fingerprint density at radius 2 is 2.13 bits per heavy atom. The number of esters is 1. The first kappa shape index (κ1) is 12.5. The lowest BCUT2D eigenvalue weighted by molar-refractivity contribution is -0.145. The molecule has 1 amide bonds. The molecule has 0 spiro atoms. The third-order valence-electron chi connectivity index (χ3n) is 2.06. The van der Waals surface area contributed by atoms with Gasteiger partial charge in [-0.1, -0.05) is 22.6 Å². The Morgan fingerprint density at radius 1 is 1.53 bits per heavy atom. The third kappa shape index (κ3) is 2.71. The Balaban J connectivity index is 2.67. The van der Waals surface area contributed by atoms with Crippen LogP contribution in [0.3, 0.4) is 0 Å². The molecule has 1 N–H and O–H groups in total. The lowest BCUT2D eigenvalue weighted by atomic mass is 10.3. The molecule has 1 saturated heterocycles. The number of halogens is 1. The first-order chi connectivity index (χ1) is 6.97. The lowest BCUT2D eigenvalue weighted by Gasteiger charge is -2.18. The summed E-state index contributed by atoms with van der Waals surface area (Å²) in [5, 5.41) is 9.67. The van der Waals surface area contributed by atoms with Crippen molar-refractivity contribution in [3.05, 3.63) is 0 Å². The van der Waals surface area contributed by atoms with Crippen LogP contribution >= 0.6 is 22.6 Å². The predicted octanol–water partition coefficient (Wildman–Crippen LogP) is 0.122. The lowest BCUT2D eigenvalue weighted by Crippen LogP contribution is -2.37. The molecule has 0 bridgehead atoms. The number of nitrogens with zero attached hydrogens (tertiary/aromatic N) is 1. The summed E-state index contributed by atoms with van der Waals surface area (Å²) in [6.07, 6.45) is -2.10. The number of methoxy groups -OCH3 is 1. The van der Waals surface area contributed by atoms with E-state index in [0.29, 0.717) is 0 Å². The van der Waals surface area contributed by atoms with Gasteiger partial charge >= 0.3 is 12.1 Å². The Hall–Kier alpha value is -0.570. The van der Waals surface area contributed by atoms with Gasteiger partial charge < -0.3 is 14.6 Å². The zero-order valence-corrected chi connectivity index (χ0v) is 10.5. The highest BCUT2D eigenvalue weighted by Crippen LogP contribution is 2.26. The Bertz CT molecular complexity index is 272. The van der Waals surface area contributed by atoms with Crippen molar-refractivity contribution in [3.63, 3.8) is 0 Å². The van der Waals surface area contributed by atoms with Crippen molar-refractivity contribution >= 4 is 34.7 Å². The molecule has 86 valence electrons. The molecule has 0 radical (unpaired) electrons. The molecule has 1 aliphatic rings. The highest BCUT2D eigenvalue weighted by Gasteiger charge is 2.44. The fourth-order valence-electron chi connectivity index (χ4n) is 1.38. The van der Waals surface area contributed by atoms with Crippen LogP contribution in [0.5, 0.6) is 0 Å². The molecule has 1 fully saturated rings. The minimum absolute atomic E-state index is 0.154. The standard InChI is InChI=1S/C8H12INO5/c1-4(11)15-5-3-10(8(13)14-2)7(12)6(5)9/h5-7,12H,3H2,1-2H3/t5-,6-,7+/m0/s1. The highest BCUT2D eigenvalue weighted by atomic mass is 127. The SMILES string of the molecule is COC(=O)N1C[C@H](OC(C)=O)[C@H](I)[C@H]1O. The van der Waals surface area contributed by atoms with Crippen molar-refractivity contribution in [1.29, 1.82) is 0 Å². The summed E-state index contributed by atoms with van der Waals surface area (Å²) in [6.45, 7) is 1.44. The Morgan fingerprint density at radius 3 is 2.60 bits per heavy atom. The van der Waals surface area contributed by atoms with Crippen LogP contribution < -0.4 is 0 Å². The van der Waals surface area contributed by atoms with E-state index in [1.165, 1.54) is 14.0 Å². The molecule has 3 atom stereocenters. The molecule has 7 heteroatoms. The summed E-state index contributed by atoms with van der Waals surface area (Å²) in [5.41, 5.74) is 0. The van der Waals surface area contributed by atoms with E-state index in [4.69, 9.17) is 4.74 Å². The molecule has 0 aromatic carbocycles. The second-order valence-corrected chi connectivity index (χ2v) is 4.57. The monoisotopic (exact) mass is 329 g/mol. The molecule has 0 aromatic heterocycles. The molecule has 0 saturated carbocycles. The largest absolute Gasteiger partial charge is 0.459 e. The van der Waals surface area contributed by atoms with Crippen LogP contribution in [0.4, 0.5) is 4.79 Å². The second-order valence-electron chi connectivity index (χ2n) is 3.13. The van der Waals surface area contributed by atoms with E-state index in [2.05, 4.69) is 4.74 Å². The molecule has 15 heavy (non-hydrogen) atoms. The van der Waals surface area contributed by atoms with Gasteiger partial charge in [-0.3, -0.25) is 9.69 Å². The number of carbonyl (C=O) groups excluding carboxylic acids is 2. The van der Waals surface area contributed by atoms with Gasteiger partial charge in [0.05, 0.1) is 17.6 Å². The van der Waals surface area contributed by atoms with Gasteiger partial charge in [0.1, 0.15) is 12.3 Å². The summed E-state index contributed by atoms with van der Waals surface area (Å²) < 4.78 is 9.11. The smallest absolute Gasteiger partial charge is 0.411 e.